The lowest BCUT2D eigenvalue weighted by molar-refractivity contribution is 0.345. The molecule has 6 nitrogen and oxygen atoms in total. The molecular weight excluding hydrogens is 476 g/mol. The summed E-state index contributed by atoms with van der Waals surface area (Å²) in [7, 11) is 9.69. The summed E-state index contributed by atoms with van der Waals surface area (Å²) in [4.78, 5) is 0. The van der Waals surface area contributed by atoms with Crippen molar-refractivity contribution in [2.24, 2.45) is 0 Å². The first-order valence-electron chi connectivity index (χ1n) is 9.86. The van der Waals surface area contributed by atoms with E-state index < -0.39 is 0 Å². The predicted molar refractivity (Wildman–Crippen MR) is 127 cm³/mol. The minimum atomic E-state index is -0.257. The first kappa shape index (κ1) is 23.6. The van der Waals surface area contributed by atoms with Crippen LogP contribution < -0.4 is 28.4 Å². The molecule has 0 saturated heterocycles. The fourth-order valence-electron chi connectivity index (χ4n) is 3.74. The molecule has 0 amide bonds. The van der Waals surface area contributed by atoms with Gasteiger partial charge in [0.15, 0.2) is 23.0 Å². The van der Waals surface area contributed by atoms with Crippen molar-refractivity contribution in [2.45, 2.75) is 5.92 Å². The normalized spacial score (nSPS) is 10.6. The van der Waals surface area contributed by atoms with Crippen molar-refractivity contribution in [1.29, 1.82) is 0 Å². The molecule has 0 saturated carbocycles. The lowest BCUT2D eigenvalue weighted by Crippen LogP contribution is -2.09. The van der Waals surface area contributed by atoms with Crippen LogP contribution in [0, 0.1) is 0 Å². The summed E-state index contributed by atoms with van der Waals surface area (Å²) in [6, 6.07) is 15.6. The number of hydrogen-bond acceptors (Lipinski definition) is 6. The topological polar surface area (TPSA) is 55.4 Å². The fourth-order valence-corrected chi connectivity index (χ4v) is 4.00. The van der Waals surface area contributed by atoms with Gasteiger partial charge in [0.25, 0.3) is 0 Å². The zero-order chi connectivity index (χ0) is 23.3. The van der Waals surface area contributed by atoms with E-state index in [0.717, 1.165) is 21.2 Å². The van der Waals surface area contributed by atoms with Crippen LogP contribution in [0.1, 0.15) is 22.6 Å². The second-order valence-corrected chi connectivity index (χ2v) is 7.80. The number of halogens is 1. The highest BCUT2D eigenvalue weighted by Gasteiger charge is 2.27. The minimum Gasteiger partial charge on any atom is -0.496 e. The average molecular weight is 503 g/mol. The van der Waals surface area contributed by atoms with Crippen molar-refractivity contribution < 1.29 is 28.4 Å². The maximum Gasteiger partial charge on any atom is 0.164 e. The van der Waals surface area contributed by atoms with E-state index >= 15 is 0 Å². The molecule has 32 heavy (non-hydrogen) atoms. The Kier molecular flexibility index (Phi) is 7.75. The number of rotatable bonds is 9. The quantitative estimate of drug-likeness (QED) is 0.350. The number of methoxy groups -OCH3 is 6. The molecule has 0 fully saturated rings. The van der Waals surface area contributed by atoms with Crippen LogP contribution in [0.2, 0.25) is 0 Å². The van der Waals surface area contributed by atoms with Gasteiger partial charge >= 0.3 is 0 Å². The predicted octanol–water partition coefficient (Wildman–Crippen LogP) is 5.68. The van der Waals surface area contributed by atoms with Gasteiger partial charge in [-0.25, -0.2) is 0 Å². The Morgan fingerprint density at radius 2 is 0.844 bits per heavy atom. The summed E-state index contributed by atoms with van der Waals surface area (Å²) < 4.78 is 34.7. The van der Waals surface area contributed by atoms with Crippen LogP contribution in [0.3, 0.4) is 0 Å². The molecule has 0 atom stereocenters. The van der Waals surface area contributed by atoms with E-state index in [0.29, 0.717) is 34.5 Å². The van der Waals surface area contributed by atoms with E-state index in [4.69, 9.17) is 28.4 Å². The minimum absolute atomic E-state index is 0.257. The van der Waals surface area contributed by atoms with Gasteiger partial charge < -0.3 is 28.4 Å². The largest absolute Gasteiger partial charge is 0.496 e. The molecule has 7 heteroatoms. The molecule has 170 valence electrons. The molecule has 0 bridgehead atoms. The average Bonchev–Trinajstić information content (AvgIpc) is 2.84. The second-order valence-electron chi connectivity index (χ2n) is 6.88. The van der Waals surface area contributed by atoms with Crippen LogP contribution in [-0.2, 0) is 0 Å². The maximum absolute atomic E-state index is 5.77. The Morgan fingerprint density at radius 3 is 1.19 bits per heavy atom. The van der Waals surface area contributed by atoms with E-state index in [2.05, 4.69) is 28.1 Å². The highest BCUT2D eigenvalue weighted by atomic mass is 79.9. The number of hydrogen-bond donors (Lipinski definition) is 0. The van der Waals surface area contributed by atoms with Gasteiger partial charge in [-0.05, 0) is 29.8 Å². The highest BCUT2D eigenvalue weighted by molar-refractivity contribution is 9.10. The summed E-state index contributed by atoms with van der Waals surface area (Å²) >= 11 is 3.52. The maximum atomic E-state index is 5.77. The van der Waals surface area contributed by atoms with Crippen LogP contribution in [0.15, 0.2) is 53.0 Å². The van der Waals surface area contributed by atoms with Gasteiger partial charge in [0.2, 0.25) is 0 Å². The third-order valence-corrected chi connectivity index (χ3v) is 5.83. The molecule has 0 radical (unpaired) electrons. The van der Waals surface area contributed by atoms with Gasteiger partial charge in [-0.15, -0.1) is 0 Å². The van der Waals surface area contributed by atoms with Crippen LogP contribution in [0.5, 0.6) is 34.5 Å². The zero-order valence-corrected chi connectivity index (χ0v) is 20.6. The van der Waals surface area contributed by atoms with E-state index in [1.165, 1.54) is 0 Å². The molecule has 0 aliphatic heterocycles. The molecule has 3 aromatic carbocycles. The lowest BCUT2D eigenvalue weighted by Gasteiger charge is -2.25. The molecular formula is C25H27BrO6. The van der Waals surface area contributed by atoms with Crippen LogP contribution in [0.4, 0.5) is 0 Å². The van der Waals surface area contributed by atoms with Gasteiger partial charge in [-0.2, -0.15) is 0 Å². The Bertz CT molecular complexity index is 1000. The summed E-state index contributed by atoms with van der Waals surface area (Å²) in [6.07, 6.45) is 0. The molecule has 0 heterocycles. The van der Waals surface area contributed by atoms with Gasteiger partial charge in [-0.3, -0.25) is 0 Å². The van der Waals surface area contributed by atoms with Crippen molar-refractivity contribution in [3.63, 3.8) is 0 Å². The molecule has 0 aromatic heterocycles. The van der Waals surface area contributed by atoms with Gasteiger partial charge in [-0.1, -0.05) is 28.1 Å². The smallest absolute Gasteiger partial charge is 0.164 e. The van der Waals surface area contributed by atoms with E-state index in [1.54, 1.807) is 42.7 Å². The first-order valence-corrected chi connectivity index (χ1v) is 10.7. The summed E-state index contributed by atoms with van der Waals surface area (Å²) in [5.41, 5.74) is 2.81. The summed E-state index contributed by atoms with van der Waals surface area (Å²) in [6.45, 7) is 0. The summed E-state index contributed by atoms with van der Waals surface area (Å²) in [5, 5.41) is 0. The molecule has 0 unspecified atom stereocenters. The standard InChI is InChI=1S/C25H27BrO6/c1-27-19-13-23(31-5)21(29-3)11-17(19)25(15-7-9-16(26)10-8-15)18-12-22(30-4)24(32-6)14-20(18)28-2/h7-14,25H,1-6H3. The molecule has 0 aliphatic carbocycles. The van der Waals surface area contributed by atoms with Crippen molar-refractivity contribution in [2.75, 3.05) is 42.7 Å². The first-order chi connectivity index (χ1) is 15.5. The van der Waals surface area contributed by atoms with Gasteiger partial charge in [0, 0.05) is 33.7 Å². The zero-order valence-electron chi connectivity index (χ0n) is 19.0. The SMILES string of the molecule is COc1cc(OC)c(C(c2ccc(Br)cc2)c2cc(OC)c(OC)cc2OC)cc1OC. The molecule has 3 rings (SSSR count). The number of ether oxygens (including phenoxy) is 6. The highest BCUT2D eigenvalue weighted by Crippen LogP contribution is 2.47. The number of benzene rings is 3. The third-order valence-electron chi connectivity index (χ3n) is 5.30. The Morgan fingerprint density at radius 1 is 0.500 bits per heavy atom. The van der Waals surface area contributed by atoms with Crippen molar-refractivity contribution in [3.8, 4) is 34.5 Å². The Hall–Kier alpha value is -3.06. The lowest BCUT2D eigenvalue weighted by atomic mass is 9.83. The van der Waals surface area contributed by atoms with Crippen LogP contribution >= 0.6 is 15.9 Å². The van der Waals surface area contributed by atoms with E-state index in [1.807, 2.05) is 36.4 Å². The summed E-state index contributed by atoms with van der Waals surface area (Å²) in [5.74, 6) is 3.44. The van der Waals surface area contributed by atoms with Crippen LogP contribution in [0.25, 0.3) is 0 Å². The fraction of sp³-hybridized carbons (Fsp3) is 0.280. The van der Waals surface area contributed by atoms with Crippen molar-refractivity contribution in [3.05, 3.63) is 69.7 Å². The van der Waals surface area contributed by atoms with Crippen LogP contribution in [-0.4, -0.2) is 42.7 Å². The van der Waals surface area contributed by atoms with Crippen molar-refractivity contribution >= 4 is 15.9 Å². The van der Waals surface area contributed by atoms with Gasteiger partial charge in [0.05, 0.1) is 42.7 Å². The molecule has 0 aliphatic rings. The third kappa shape index (κ3) is 4.58. The van der Waals surface area contributed by atoms with Gasteiger partial charge in [0.1, 0.15) is 11.5 Å². The molecule has 0 N–H and O–H groups in total. The monoisotopic (exact) mass is 502 g/mol. The van der Waals surface area contributed by atoms with E-state index in [-0.39, 0.29) is 5.92 Å². The Balaban J connectivity index is 2.36. The second kappa shape index (κ2) is 10.5. The Labute approximate surface area is 197 Å². The molecule has 0 spiro atoms. The van der Waals surface area contributed by atoms with E-state index in [9.17, 15) is 0 Å². The molecule has 3 aromatic rings. The van der Waals surface area contributed by atoms with Crippen molar-refractivity contribution in [1.82, 2.24) is 0 Å².